The summed E-state index contributed by atoms with van der Waals surface area (Å²) in [6.07, 6.45) is 8.21. The molecule has 2 N–H and O–H groups in total. The Morgan fingerprint density at radius 3 is 2.95 bits per heavy atom. The minimum atomic E-state index is 0.711. The summed E-state index contributed by atoms with van der Waals surface area (Å²) in [5.41, 5.74) is 2.08. The van der Waals surface area contributed by atoms with Crippen LogP contribution in [0.1, 0.15) is 23.6 Å². The second-order valence-corrected chi connectivity index (χ2v) is 6.07. The van der Waals surface area contributed by atoms with Crippen LogP contribution in [0.25, 0.3) is 15.9 Å². The zero-order valence-electron chi connectivity index (χ0n) is 10.5. The first-order chi connectivity index (χ1) is 9.40. The number of piperidine rings is 1. The third-order valence-corrected chi connectivity index (χ3v) is 4.93. The largest absolute Gasteiger partial charge is 0.317 e. The van der Waals surface area contributed by atoms with Crippen LogP contribution in [0.15, 0.2) is 24.7 Å². The van der Waals surface area contributed by atoms with Crippen molar-refractivity contribution in [2.75, 3.05) is 13.1 Å². The summed E-state index contributed by atoms with van der Waals surface area (Å²) in [6, 6.07) is 2.26. The normalized spacial score (nSPS) is 17.3. The molecule has 0 spiro atoms. The van der Waals surface area contributed by atoms with E-state index in [1.54, 1.807) is 6.20 Å². The molecule has 6 heteroatoms. The third kappa shape index (κ3) is 1.97. The number of fused-ring (bicyclic) bond motifs is 1. The molecule has 0 unspecified atom stereocenters. The van der Waals surface area contributed by atoms with Gasteiger partial charge in [0, 0.05) is 17.3 Å². The standard InChI is InChI=1S/C13H15N5S/c1-3-14-4-2-9(1)12-5-11-13(19-12)8-18(17-11)10-6-15-16-7-10/h5-9,14H,1-4H2,(H,15,16). The van der Waals surface area contributed by atoms with Gasteiger partial charge in [-0.1, -0.05) is 0 Å². The highest BCUT2D eigenvalue weighted by Gasteiger charge is 2.18. The first kappa shape index (κ1) is 11.2. The first-order valence-electron chi connectivity index (χ1n) is 6.59. The monoisotopic (exact) mass is 273 g/mol. The van der Waals surface area contributed by atoms with Crippen LogP contribution in [0.2, 0.25) is 0 Å². The van der Waals surface area contributed by atoms with Crippen molar-refractivity contribution in [2.45, 2.75) is 18.8 Å². The summed E-state index contributed by atoms with van der Waals surface area (Å²) in [7, 11) is 0. The molecule has 98 valence electrons. The molecule has 5 nitrogen and oxygen atoms in total. The minimum Gasteiger partial charge on any atom is -0.317 e. The second-order valence-electron chi connectivity index (χ2n) is 4.95. The van der Waals surface area contributed by atoms with E-state index in [0.29, 0.717) is 5.92 Å². The lowest BCUT2D eigenvalue weighted by atomic mass is 9.96. The van der Waals surface area contributed by atoms with E-state index in [1.165, 1.54) is 22.4 Å². The Labute approximate surface area is 114 Å². The smallest absolute Gasteiger partial charge is 0.104 e. The third-order valence-electron chi connectivity index (χ3n) is 3.70. The van der Waals surface area contributed by atoms with Crippen LogP contribution >= 0.6 is 11.3 Å². The van der Waals surface area contributed by atoms with Crippen LogP contribution in [-0.2, 0) is 0 Å². The van der Waals surface area contributed by atoms with E-state index < -0.39 is 0 Å². The van der Waals surface area contributed by atoms with E-state index in [9.17, 15) is 0 Å². The van der Waals surface area contributed by atoms with Crippen molar-refractivity contribution in [2.24, 2.45) is 0 Å². The molecule has 4 rings (SSSR count). The number of rotatable bonds is 2. The van der Waals surface area contributed by atoms with Crippen LogP contribution in [0.4, 0.5) is 0 Å². The van der Waals surface area contributed by atoms with E-state index >= 15 is 0 Å². The molecule has 0 aliphatic carbocycles. The molecule has 1 aliphatic rings. The lowest BCUT2D eigenvalue weighted by Crippen LogP contribution is -2.26. The highest BCUT2D eigenvalue weighted by atomic mass is 32.1. The SMILES string of the molecule is c1n[nH]cc1-n1cc2sc(C3CCNCC3)cc2n1. The maximum absolute atomic E-state index is 4.62. The zero-order valence-corrected chi connectivity index (χ0v) is 11.3. The van der Waals surface area contributed by atoms with Gasteiger partial charge < -0.3 is 5.32 Å². The van der Waals surface area contributed by atoms with Crippen LogP contribution in [0.5, 0.6) is 0 Å². The summed E-state index contributed by atoms with van der Waals surface area (Å²) in [6.45, 7) is 2.27. The number of aromatic amines is 1. The van der Waals surface area contributed by atoms with Gasteiger partial charge in [0.2, 0.25) is 0 Å². The van der Waals surface area contributed by atoms with Crippen LogP contribution in [0, 0.1) is 0 Å². The average molecular weight is 273 g/mol. The van der Waals surface area contributed by atoms with Crippen molar-refractivity contribution in [3.63, 3.8) is 0 Å². The Kier molecular flexibility index (Phi) is 2.63. The Morgan fingerprint density at radius 1 is 1.32 bits per heavy atom. The van der Waals surface area contributed by atoms with Crippen molar-refractivity contribution >= 4 is 21.6 Å². The summed E-state index contributed by atoms with van der Waals surface area (Å²) in [4.78, 5) is 1.48. The number of nitrogens with one attached hydrogen (secondary N) is 2. The lowest BCUT2D eigenvalue weighted by molar-refractivity contribution is 0.465. The summed E-state index contributed by atoms with van der Waals surface area (Å²) >= 11 is 1.88. The Morgan fingerprint density at radius 2 is 2.21 bits per heavy atom. The summed E-state index contributed by atoms with van der Waals surface area (Å²) in [5, 5.41) is 14.8. The number of aromatic nitrogens is 4. The molecule has 0 saturated carbocycles. The topological polar surface area (TPSA) is 58.5 Å². The van der Waals surface area contributed by atoms with Crippen molar-refractivity contribution < 1.29 is 0 Å². The second kappa shape index (κ2) is 4.47. The van der Waals surface area contributed by atoms with Crippen LogP contribution < -0.4 is 5.32 Å². The van der Waals surface area contributed by atoms with Gasteiger partial charge >= 0.3 is 0 Å². The van der Waals surface area contributed by atoms with E-state index in [-0.39, 0.29) is 0 Å². The predicted octanol–water partition coefficient (Wildman–Crippen LogP) is 2.28. The fourth-order valence-corrected chi connectivity index (χ4v) is 3.83. The highest BCUT2D eigenvalue weighted by Crippen LogP contribution is 2.34. The molecule has 4 heterocycles. The number of hydrogen-bond donors (Lipinski definition) is 2. The molecule has 3 aromatic heterocycles. The van der Waals surface area contributed by atoms with Gasteiger partial charge in [0.05, 0.1) is 10.9 Å². The molecule has 0 atom stereocenters. The van der Waals surface area contributed by atoms with Gasteiger partial charge in [0.15, 0.2) is 0 Å². The Bertz CT molecular complexity index is 644. The molecule has 0 radical (unpaired) electrons. The van der Waals surface area contributed by atoms with Crippen LogP contribution in [-0.4, -0.2) is 33.1 Å². The Balaban J connectivity index is 1.67. The molecule has 3 aromatic rings. The number of thiophene rings is 1. The number of nitrogens with zero attached hydrogens (tertiary/aromatic N) is 3. The summed E-state index contributed by atoms with van der Waals surface area (Å²) in [5.74, 6) is 0.711. The van der Waals surface area contributed by atoms with E-state index in [4.69, 9.17) is 0 Å². The van der Waals surface area contributed by atoms with Crippen molar-refractivity contribution in [1.82, 2.24) is 25.3 Å². The van der Waals surface area contributed by atoms with Gasteiger partial charge in [-0.3, -0.25) is 5.10 Å². The molecule has 1 aliphatic heterocycles. The first-order valence-corrected chi connectivity index (χ1v) is 7.41. The van der Waals surface area contributed by atoms with Gasteiger partial charge in [-0.05, 0) is 37.9 Å². The molecule has 0 bridgehead atoms. The predicted molar refractivity (Wildman–Crippen MR) is 75.9 cm³/mol. The van der Waals surface area contributed by atoms with Gasteiger partial charge in [-0.25, -0.2) is 4.68 Å². The lowest BCUT2D eigenvalue weighted by Gasteiger charge is -2.21. The van der Waals surface area contributed by atoms with Crippen molar-refractivity contribution in [1.29, 1.82) is 0 Å². The van der Waals surface area contributed by atoms with Crippen molar-refractivity contribution in [3.05, 3.63) is 29.5 Å². The van der Waals surface area contributed by atoms with Gasteiger partial charge in [0.1, 0.15) is 11.2 Å². The molecular weight excluding hydrogens is 258 g/mol. The average Bonchev–Trinajstić information content (AvgIpc) is 3.14. The zero-order chi connectivity index (χ0) is 12.7. The van der Waals surface area contributed by atoms with Gasteiger partial charge in [-0.2, -0.15) is 10.2 Å². The number of H-pyrrole nitrogens is 1. The summed E-state index contributed by atoms with van der Waals surface area (Å²) < 4.78 is 3.14. The highest BCUT2D eigenvalue weighted by molar-refractivity contribution is 7.19. The maximum atomic E-state index is 4.62. The van der Waals surface area contributed by atoms with E-state index in [0.717, 1.165) is 24.3 Å². The fraction of sp³-hybridized carbons (Fsp3) is 0.385. The van der Waals surface area contributed by atoms with E-state index in [1.807, 2.05) is 22.2 Å². The molecule has 1 fully saturated rings. The van der Waals surface area contributed by atoms with E-state index in [2.05, 4.69) is 32.9 Å². The molecule has 0 amide bonds. The quantitative estimate of drug-likeness (QED) is 0.753. The molecule has 19 heavy (non-hydrogen) atoms. The molecule has 0 aromatic carbocycles. The number of hydrogen-bond acceptors (Lipinski definition) is 4. The minimum absolute atomic E-state index is 0.711. The maximum Gasteiger partial charge on any atom is 0.104 e. The Hall–Kier alpha value is -1.66. The van der Waals surface area contributed by atoms with Crippen LogP contribution in [0.3, 0.4) is 0 Å². The fourth-order valence-electron chi connectivity index (χ4n) is 2.65. The molecular formula is C13H15N5S. The van der Waals surface area contributed by atoms with Crippen molar-refractivity contribution in [3.8, 4) is 5.69 Å². The molecule has 1 saturated heterocycles. The van der Waals surface area contributed by atoms with Gasteiger partial charge in [0.25, 0.3) is 0 Å². The van der Waals surface area contributed by atoms with Gasteiger partial charge in [-0.15, -0.1) is 11.3 Å².